The highest BCUT2D eigenvalue weighted by atomic mass is 35.5. The van der Waals surface area contributed by atoms with E-state index in [1.54, 1.807) is 12.1 Å². The van der Waals surface area contributed by atoms with Crippen LogP contribution in [0.2, 0.25) is 5.02 Å². The third-order valence-corrected chi connectivity index (χ3v) is 6.28. The number of hydrogen-bond acceptors (Lipinski definition) is 2. The van der Waals surface area contributed by atoms with E-state index in [9.17, 15) is 4.79 Å². The lowest BCUT2D eigenvalue weighted by Crippen LogP contribution is -2.39. The Bertz CT molecular complexity index is 1210. The van der Waals surface area contributed by atoms with Crippen LogP contribution in [0.5, 0.6) is 0 Å². The van der Waals surface area contributed by atoms with Gasteiger partial charge in [0.05, 0.1) is 17.4 Å². The van der Waals surface area contributed by atoms with E-state index < -0.39 is 0 Å². The fourth-order valence-electron chi connectivity index (χ4n) is 4.36. The van der Waals surface area contributed by atoms with Crippen LogP contribution in [-0.2, 0) is 0 Å². The van der Waals surface area contributed by atoms with E-state index in [4.69, 9.17) is 16.7 Å². The highest BCUT2D eigenvalue weighted by Crippen LogP contribution is 2.32. The minimum Gasteiger partial charge on any atom is -0.338 e. The van der Waals surface area contributed by atoms with E-state index in [0.29, 0.717) is 23.7 Å². The fourth-order valence-corrected chi connectivity index (χ4v) is 4.56. The molecule has 0 atom stereocenters. The second kappa shape index (κ2) is 9.01. The van der Waals surface area contributed by atoms with Crippen LogP contribution >= 0.6 is 11.6 Å². The molecule has 1 amide bonds. The van der Waals surface area contributed by atoms with Crippen LogP contribution in [0.1, 0.15) is 29.2 Å². The molecule has 0 bridgehead atoms. The summed E-state index contributed by atoms with van der Waals surface area (Å²) in [5.74, 6) is 0.0414. The molecule has 0 radical (unpaired) electrons. The minimum atomic E-state index is 0.0414. The first kappa shape index (κ1) is 20.5. The van der Waals surface area contributed by atoms with Crippen LogP contribution in [0.25, 0.3) is 22.5 Å². The van der Waals surface area contributed by atoms with Crippen molar-refractivity contribution in [3.63, 3.8) is 0 Å². The molecule has 4 nitrogen and oxygen atoms in total. The first-order valence-electron chi connectivity index (χ1n) is 10.9. The maximum absolute atomic E-state index is 12.9. The van der Waals surface area contributed by atoms with E-state index in [1.165, 1.54) is 0 Å². The van der Waals surface area contributed by atoms with Crippen LogP contribution in [0.4, 0.5) is 0 Å². The van der Waals surface area contributed by atoms with Gasteiger partial charge in [-0.1, -0.05) is 78.3 Å². The van der Waals surface area contributed by atoms with Crippen LogP contribution in [0, 0.1) is 0 Å². The molecule has 32 heavy (non-hydrogen) atoms. The zero-order valence-electron chi connectivity index (χ0n) is 17.7. The molecule has 0 N–H and O–H groups in total. The van der Waals surface area contributed by atoms with Gasteiger partial charge in [0.25, 0.3) is 5.91 Å². The van der Waals surface area contributed by atoms with Crippen molar-refractivity contribution in [1.29, 1.82) is 0 Å². The van der Waals surface area contributed by atoms with Gasteiger partial charge in [-0.2, -0.15) is 5.10 Å². The molecular weight excluding hydrogens is 418 g/mol. The molecule has 0 unspecified atom stereocenters. The molecule has 5 rings (SSSR count). The molecule has 1 aromatic heterocycles. The topological polar surface area (TPSA) is 38.1 Å². The summed E-state index contributed by atoms with van der Waals surface area (Å²) in [6, 6.07) is 30.3. The monoisotopic (exact) mass is 441 g/mol. The van der Waals surface area contributed by atoms with Gasteiger partial charge in [-0.25, -0.2) is 0 Å². The number of piperidine rings is 1. The van der Waals surface area contributed by atoms with Crippen molar-refractivity contribution >= 4 is 17.5 Å². The highest BCUT2D eigenvalue weighted by molar-refractivity contribution is 6.30. The number of aromatic nitrogens is 2. The zero-order chi connectivity index (χ0) is 21.9. The van der Waals surface area contributed by atoms with Gasteiger partial charge in [-0.3, -0.25) is 9.48 Å². The number of amides is 1. The predicted octanol–water partition coefficient (Wildman–Crippen LogP) is 6.35. The molecule has 1 aliphatic heterocycles. The fraction of sp³-hybridized carbons (Fsp3) is 0.185. The van der Waals surface area contributed by atoms with Gasteiger partial charge in [-0.15, -0.1) is 0 Å². The normalized spacial score (nSPS) is 14.5. The highest BCUT2D eigenvalue weighted by Gasteiger charge is 2.27. The lowest BCUT2D eigenvalue weighted by molar-refractivity contribution is 0.0690. The van der Waals surface area contributed by atoms with Crippen molar-refractivity contribution < 1.29 is 4.79 Å². The summed E-state index contributed by atoms with van der Waals surface area (Å²) in [6.45, 7) is 1.40. The number of likely N-dealkylation sites (tertiary alicyclic amines) is 1. The van der Waals surface area contributed by atoms with Gasteiger partial charge in [0, 0.05) is 29.2 Å². The average Bonchev–Trinajstić information content (AvgIpc) is 3.30. The zero-order valence-corrected chi connectivity index (χ0v) is 18.4. The van der Waals surface area contributed by atoms with Crippen molar-refractivity contribution in [3.05, 3.63) is 102 Å². The molecule has 0 aliphatic carbocycles. The standard InChI is InChI=1S/C27H24ClN3O/c28-23-13-7-12-22(18-23)27(32)30-16-14-24(15-17-30)31-26(21-10-5-2-6-11-21)19-25(29-31)20-8-3-1-4-9-20/h1-13,18-19,24H,14-17H2. The molecule has 4 aromatic rings. The molecule has 5 heteroatoms. The number of rotatable bonds is 4. The van der Waals surface area contributed by atoms with Crippen molar-refractivity contribution in [1.82, 2.24) is 14.7 Å². The van der Waals surface area contributed by atoms with Crippen LogP contribution in [-0.4, -0.2) is 33.7 Å². The van der Waals surface area contributed by atoms with Crippen molar-refractivity contribution in [2.45, 2.75) is 18.9 Å². The molecule has 0 saturated carbocycles. The third-order valence-electron chi connectivity index (χ3n) is 6.04. The van der Waals surface area contributed by atoms with Gasteiger partial charge in [0.15, 0.2) is 0 Å². The Kier molecular flexibility index (Phi) is 5.78. The second-order valence-electron chi connectivity index (χ2n) is 8.13. The molecule has 1 aliphatic rings. The lowest BCUT2D eigenvalue weighted by atomic mass is 10.0. The van der Waals surface area contributed by atoms with Gasteiger partial charge in [0.1, 0.15) is 0 Å². The van der Waals surface area contributed by atoms with Crippen LogP contribution in [0.3, 0.4) is 0 Å². The smallest absolute Gasteiger partial charge is 0.253 e. The number of benzene rings is 3. The first-order chi connectivity index (χ1) is 15.7. The number of nitrogens with zero attached hydrogens (tertiary/aromatic N) is 3. The van der Waals surface area contributed by atoms with Crippen molar-refractivity contribution in [3.8, 4) is 22.5 Å². The Morgan fingerprint density at radius 1 is 0.812 bits per heavy atom. The average molecular weight is 442 g/mol. The molecule has 1 saturated heterocycles. The Balaban J connectivity index is 1.40. The largest absolute Gasteiger partial charge is 0.338 e. The summed E-state index contributed by atoms with van der Waals surface area (Å²) in [4.78, 5) is 14.8. The number of carbonyl (C=O) groups excluding carboxylic acids is 1. The Morgan fingerprint density at radius 2 is 1.47 bits per heavy atom. The van der Waals surface area contributed by atoms with E-state index in [1.807, 2.05) is 41.3 Å². The summed E-state index contributed by atoms with van der Waals surface area (Å²) in [7, 11) is 0. The summed E-state index contributed by atoms with van der Waals surface area (Å²) in [5, 5.41) is 5.60. The number of halogens is 1. The van der Waals surface area contributed by atoms with Crippen molar-refractivity contribution in [2.24, 2.45) is 0 Å². The summed E-state index contributed by atoms with van der Waals surface area (Å²) in [5.41, 5.74) is 4.99. The molecule has 0 spiro atoms. The Labute approximate surface area is 193 Å². The van der Waals surface area contributed by atoms with E-state index in [0.717, 1.165) is 35.4 Å². The maximum Gasteiger partial charge on any atom is 0.253 e. The molecule has 1 fully saturated rings. The summed E-state index contributed by atoms with van der Waals surface area (Å²) >= 11 is 6.08. The maximum atomic E-state index is 12.9. The van der Waals surface area contributed by atoms with E-state index in [2.05, 4.69) is 47.1 Å². The molecular formula is C27H24ClN3O. The number of carbonyl (C=O) groups is 1. The number of hydrogen-bond donors (Lipinski definition) is 0. The Morgan fingerprint density at radius 3 is 2.12 bits per heavy atom. The Hall–Kier alpha value is -3.37. The van der Waals surface area contributed by atoms with Crippen LogP contribution < -0.4 is 0 Å². The van der Waals surface area contributed by atoms with Crippen molar-refractivity contribution in [2.75, 3.05) is 13.1 Å². The first-order valence-corrected chi connectivity index (χ1v) is 11.3. The lowest BCUT2D eigenvalue weighted by Gasteiger charge is -2.33. The summed E-state index contributed by atoms with van der Waals surface area (Å²) in [6.07, 6.45) is 1.73. The third kappa shape index (κ3) is 4.19. The van der Waals surface area contributed by atoms with Gasteiger partial charge >= 0.3 is 0 Å². The van der Waals surface area contributed by atoms with Gasteiger partial charge in [-0.05, 0) is 42.7 Å². The SMILES string of the molecule is O=C(c1cccc(Cl)c1)N1CCC(n2nc(-c3ccccc3)cc2-c2ccccc2)CC1. The summed E-state index contributed by atoms with van der Waals surface area (Å²) < 4.78 is 2.17. The van der Waals surface area contributed by atoms with E-state index in [-0.39, 0.29) is 11.9 Å². The predicted molar refractivity (Wildman–Crippen MR) is 129 cm³/mol. The van der Waals surface area contributed by atoms with E-state index >= 15 is 0 Å². The van der Waals surface area contributed by atoms with Gasteiger partial charge < -0.3 is 4.90 Å². The van der Waals surface area contributed by atoms with Gasteiger partial charge in [0.2, 0.25) is 0 Å². The molecule has 160 valence electrons. The second-order valence-corrected chi connectivity index (χ2v) is 8.56. The van der Waals surface area contributed by atoms with Crippen LogP contribution in [0.15, 0.2) is 91.0 Å². The molecule has 3 aromatic carbocycles. The quantitative estimate of drug-likeness (QED) is 0.370. The molecule has 2 heterocycles. The minimum absolute atomic E-state index is 0.0414.